The highest BCUT2D eigenvalue weighted by molar-refractivity contribution is 5.95. The molecule has 0 unspecified atom stereocenters. The molecule has 3 rings (SSSR count). The number of nitrogens with one attached hydrogen (secondary N) is 2. The Labute approximate surface area is 193 Å². The number of anilines is 2. The molecule has 2 amide bonds. The molecule has 1 heterocycles. The van der Waals surface area contributed by atoms with Crippen molar-refractivity contribution in [3.63, 3.8) is 0 Å². The molecule has 1 aromatic heterocycles. The van der Waals surface area contributed by atoms with Crippen LogP contribution < -0.4 is 16.2 Å². The number of aromatic nitrogens is 2. The van der Waals surface area contributed by atoms with Crippen LogP contribution in [0.15, 0.2) is 47.3 Å². The summed E-state index contributed by atoms with van der Waals surface area (Å²) < 4.78 is 1.19. The summed E-state index contributed by atoms with van der Waals surface area (Å²) >= 11 is 0. The molecular formula is C26H30N4O3. The first kappa shape index (κ1) is 23.9. The van der Waals surface area contributed by atoms with Gasteiger partial charge in [-0.3, -0.25) is 14.4 Å². The molecule has 0 aliphatic heterocycles. The van der Waals surface area contributed by atoms with E-state index in [0.29, 0.717) is 17.8 Å². The molecule has 172 valence electrons. The van der Waals surface area contributed by atoms with Crippen molar-refractivity contribution in [1.29, 1.82) is 0 Å². The monoisotopic (exact) mass is 446 g/mol. The fourth-order valence-electron chi connectivity index (χ4n) is 3.73. The fraction of sp³-hybridized carbons (Fsp3) is 0.308. The zero-order valence-electron chi connectivity index (χ0n) is 19.9. The molecule has 1 atom stereocenters. The normalized spacial score (nSPS) is 11.7. The van der Waals surface area contributed by atoms with Gasteiger partial charge < -0.3 is 10.6 Å². The number of amides is 2. The van der Waals surface area contributed by atoms with Gasteiger partial charge in [-0.05, 0) is 63.4 Å². The number of nitrogens with zero attached hydrogens (tertiary/aromatic N) is 2. The van der Waals surface area contributed by atoms with E-state index < -0.39 is 6.04 Å². The highest BCUT2D eigenvalue weighted by atomic mass is 16.2. The van der Waals surface area contributed by atoms with Gasteiger partial charge in [0.25, 0.3) is 5.56 Å². The zero-order chi connectivity index (χ0) is 24.3. The molecule has 7 heteroatoms. The Morgan fingerprint density at radius 1 is 0.939 bits per heavy atom. The second-order valence-corrected chi connectivity index (χ2v) is 8.37. The van der Waals surface area contributed by atoms with Gasteiger partial charge in [0.15, 0.2) is 0 Å². The van der Waals surface area contributed by atoms with Gasteiger partial charge in [0.05, 0.1) is 5.69 Å². The van der Waals surface area contributed by atoms with Crippen LogP contribution in [0.4, 0.5) is 11.4 Å². The third-order valence-electron chi connectivity index (χ3n) is 5.63. The van der Waals surface area contributed by atoms with Crippen molar-refractivity contribution in [1.82, 2.24) is 9.78 Å². The summed E-state index contributed by atoms with van der Waals surface area (Å²) in [6.45, 7) is 11.2. The van der Waals surface area contributed by atoms with Crippen molar-refractivity contribution in [3.05, 3.63) is 75.1 Å². The second kappa shape index (κ2) is 9.81. The number of hydrogen-bond donors (Lipinski definition) is 2. The molecule has 0 aliphatic carbocycles. The molecule has 0 aliphatic rings. The largest absolute Gasteiger partial charge is 0.326 e. The van der Waals surface area contributed by atoms with Crippen LogP contribution in [0.3, 0.4) is 0 Å². The first-order valence-corrected chi connectivity index (χ1v) is 11.0. The molecule has 0 saturated carbocycles. The number of carbonyl (C=O) groups excluding carboxylic acids is 2. The van der Waals surface area contributed by atoms with E-state index in [1.54, 1.807) is 19.9 Å². The SMILES string of the molecule is CCC(=O)Nc1cc(-c2ccc(=O)n([C@H](C)C(=O)Nc3c(C)cc(C)cc3C)n2)ccc1C. The van der Waals surface area contributed by atoms with Crippen LogP contribution in [0.2, 0.25) is 0 Å². The van der Waals surface area contributed by atoms with Crippen LogP contribution in [0, 0.1) is 27.7 Å². The Hall–Kier alpha value is -3.74. The van der Waals surface area contributed by atoms with E-state index in [4.69, 9.17) is 0 Å². The highest BCUT2D eigenvalue weighted by Crippen LogP contribution is 2.25. The number of benzene rings is 2. The smallest absolute Gasteiger partial charge is 0.267 e. The summed E-state index contributed by atoms with van der Waals surface area (Å²) in [4.78, 5) is 37.4. The van der Waals surface area contributed by atoms with Crippen molar-refractivity contribution in [3.8, 4) is 11.3 Å². The van der Waals surface area contributed by atoms with E-state index in [9.17, 15) is 14.4 Å². The topological polar surface area (TPSA) is 93.1 Å². The minimum atomic E-state index is -0.817. The lowest BCUT2D eigenvalue weighted by atomic mass is 10.0. The summed E-state index contributed by atoms with van der Waals surface area (Å²) in [5.41, 5.74) is 6.30. The van der Waals surface area contributed by atoms with Crippen LogP contribution in [0.1, 0.15) is 48.6 Å². The first-order chi connectivity index (χ1) is 15.6. The summed E-state index contributed by atoms with van der Waals surface area (Å²) in [6.07, 6.45) is 0.374. The highest BCUT2D eigenvalue weighted by Gasteiger charge is 2.20. The van der Waals surface area contributed by atoms with E-state index in [1.807, 2.05) is 58.0 Å². The number of hydrogen-bond acceptors (Lipinski definition) is 4. The molecule has 0 bridgehead atoms. The molecule has 3 aromatic rings. The van der Waals surface area contributed by atoms with Gasteiger partial charge in [-0.2, -0.15) is 5.10 Å². The van der Waals surface area contributed by atoms with Crippen LogP contribution in [0.25, 0.3) is 11.3 Å². The zero-order valence-corrected chi connectivity index (χ0v) is 19.9. The van der Waals surface area contributed by atoms with Crippen LogP contribution in [-0.4, -0.2) is 21.6 Å². The van der Waals surface area contributed by atoms with Crippen molar-refractivity contribution in [2.24, 2.45) is 0 Å². The lowest BCUT2D eigenvalue weighted by molar-refractivity contribution is -0.119. The molecule has 7 nitrogen and oxygen atoms in total. The molecule has 2 N–H and O–H groups in total. The van der Waals surface area contributed by atoms with E-state index in [2.05, 4.69) is 15.7 Å². The molecule has 0 saturated heterocycles. The predicted molar refractivity (Wildman–Crippen MR) is 132 cm³/mol. The maximum atomic E-state index is 13.0. The molecule has 2 aromatic carbocycles. The molecule has 0 fully saturated rings. The van der Waals surface area contributed by atoms with Crippen molar-refractivity contribution < 1.29 is 9.59 Å². The Kier molecular flexibility index (Phi) is 7.11. The van der Waals surface area contributed by atoms with Gasteiger partial charge >= 0.3 is 0 Å². The number of carbonyl (C=O) groups is 2. The van der Waals surface area contributed by atoms with Gasteiger partial charge in [0, 0.05) is 29.4 Å². The maximum absolute atomic E-state index is 13.0. The summed E-state index contributed by atoms with van der Waals surface area (Å²) in [5.74, 6) is -0.406. The minimum absolute atomic E-state index is 0.0832. The number of rotatable bonds is 6. The predicted octanol–water partition coefficient (Wildman–Crippen LogP) is 4.69. The molecular weight excluding hydrogens is 416 g/mol. The summed E-state index contributed by atoms with van der Waals surface area (Å²) in [6, 6.07) is 11.8. The Morgan fingerprint density at radius 2 is 1.61 bits per heavy atom. The third kappa shape index (κ3) is 5.37. The summed E-state index contributed by atoms with van der Waals surface area (Å²) in [5, 5.41) is 10.3. The van der Waals surface area contributed by atoms with E-state index in [0.717, 1.165) is 33.5 Å². The average Bonchev–Trinajstić information content (AvgIpc) is 2.77. The van der Waals surface area contributed by atoms with E-state index in [-0.39, 0.29) is 17.4 Å². The molecule has 0 spiro atoms. The lowest BCUT2D eigenvalue weighted by Crippen LogP contribution is -2.33. The minimum Gasteiger partial charge on any atom is -0.326 e. The quantitative estimate of drug-likeness (QED) is 0.574. The third-order valence-corrected chi connectivity index (χ3v) is 5.63. The maximum Gasteiger partial charge on any atom is 0.267 e. The van der Waals surface area contributed by atoms with E-state index >= 15 is 0 Å². The Morgan fingerprint density at radius 3 is 2.24 bits per heavy atom. The Bertz CT molecular complexity index is 1250. The van der Waals surface area contributed by atoms with Crippen LogP contribution >= 0.6 is 0 Å². The fourth-order valence-corrected chi connectivity index (χ4v) is 3.73. The standard InChI is InChI=1S/C26H30N4O3/c1-7-23(31)27-22-14-20(9-8-16(22)3)21-10-11-24(32)30(29-21)19(6)26(33)28-25-17(4)12-15(2)13-18(25)5/h8-14,19H,7H2,1-6H3,(H,27,31)(H,28,33)/t19-/m1/s1. The van der Waals surface area contributed by atoms with Crippen molar-refractivity contribution in [2.75, 3.05) is 10.6 Å². The van der Waals surface area contributed by atoms with Gasteiger partial charge in [0.2, 0.25) is 11.8 Å². The van der Waals surface area contributed by atoms with Gasteiger partial charge in [0.1, 0.15) is 6.04 Å². The van der Waals surface area contributed by atoms with Crippen LogP contribution in [0.5, 0.6) is 0 Å². The van der Waals surface area contributed by atoms with Crippen molar-refractivity contribution in [2.45, 2.75) is 54.0 Å². The van der Waals surface area contributed by atoms with Crippen molar-refractivity contribution >= 4 is 23.2 Å². The van der Waals surface area contributed by atoms with Gasteiger partial charge in [-0.25, -0.2) is 4.68 Å². The van der Waals surface area contributed by atoms with Gasteiger partial charge in [-0.15, -0.1) is 0 Å². The molecule has 0 radical (unpaired) electrons. The second-order valence-electron chi connectivity index (χ2n) is 8.37. The lowest BCUT2D eigenvalue weighted by Gasteiger charge is -2.18. The first-order valence-electron chi connectivity index (χ1n) is 11.0. The summed E-state index contributed by atoms with van der Waals surface area (Å²) in [7, 11) is 0. The number of aryl methyl sites for hydroxylation is 4. The average molecular weight is 447 g/mol. The van der Waals surface area contributed by atoms with Gasteiger partial charge in [-0.1, -0.05) is 36.8 Å². The van der Waals surface area contributed by atoms with E-state index in [1.165, 1.54) is 10.7 Å². The van der Waals surface area contributed by atoms with Crippen LogP contribution in [-0.2, 0) is 9.59 Å². The molecule has 33 heavy (non-hydrogen) atoms. The Balaban J connectivity index is 1.92.